The lowest BCUT2D eigenvalue weighted by atomic mass is 10.2. The molecule has 0 rings (SSSR count). The lowest BCUT2D eigenvalue weighted by Crippen LogP contribution is -2.38. The highest BCUT2D eigenvalue weighted by Gasteiger charge is 2.27. The molecule has 0 heterocycles. The summed E-state index contributed by atoms with van der Waals surface area (Å²) in [6.45, 7) is 5.49. The van der Waals surface area contributed by atoms with Gasteiger partial charge in [-0.05, 0) is 27.2 Å². The Balaban J connectivity index is 4.06. The van der Waals surface area contributed by atoms with Gasteiger partial charge in [0.25, 0.3) is 0 Å². The number of ether oxygens (including phenoxy) is 2. The predicted molar refractivity (Wildman–Crippen MR) is 66.1 cm³/mol. The van der Waals surface area contributed by atoms with Crippen LogP contribution in [-0.2, 0) is 14.3 Å². The number of halogens is 3. The Morgan fingerprint density at radius 3 is 2.20 bits per heavy atom. The highest BCUT2D eigenvalue weighted by molar-refractivity contribution is 5.66. The average molecular weight is 301 g/mol. The van der Waals surface area contributed by atoms with Gasteiger partial charge in [0.05, 0.1) is 19.8 Å². The molecule has 0 N–H and O–H groups in total. The van der Waals surface area contributed by atoms with Gasteiger partial charge in [-0.1, -0.05) is 6.92 Å². The molecule has 120 valence electrons. The van der Waals surface area contributed by atoms with Crippen LogP contribution >= 0.6 is 0 Å². The van der Waals surface area contributed by atoms with Crippen LogP contribution in [0.3, 0.4) is 0 Å². The van der Waals surface area contributed by atoms with Gasteiger partial charge in [0.1, 0.15) is 12.2 Å². The molecule has 1 amide bonds. The molecule has 0 saturated heterocycles. The van der Waals surface area contributed by atoms with Gasteiger partial charge in [-0.2, -0.15) is 18.2 Å². The molecule has 0 spiro atoms. The topological polar surface area (TPSA) is 48.0 Å². The van der Waals surface area contributed by atoms with E-state index in [1.54, 1.807) is 20.8 Å². The summed E-state index contributed by atoms with van der Waals surface area (Å²) in [5, 5.41) is 0.988. The first-order valence-corrected chi connectivity index (χ1v) is 6.33. The normalized spacial score (nSPS) is 12.3. The number of hydroxylamine groups is 2. The molecule has 0 fully saturated rings. The van der Waals surface area contributed by atoms with E-state index in [9.17, 15) is 18.0 Å². The lowest BCUT2D eigenvalue weighted by Gasteiger charge is -2.26. The van der Waals surface area contributed by atoms with E-state index in [0.717, 1.165) is 5.06 Å². The van der Waals surface area contributed by atoms with E-state index in [1.165, 1.54) is 0 Å². The quantitative estimate of drug-likeness (QED) is 0.535. The molecule has 0 unspecified atom stereocenters. The maximum atomic E-state index is 11.8. The number of amides is 1. The Labute approximate surface area is 116 Å². The van der Waals surface area contributed by atoms with Crippen LogP contribution in [0, 0.1) is 0 Å². The third-order valence-electron chi connectivity index (χ3n) is 1.76. The van der Waals surface area contributed by atoms with Crippen molar-refractivity contribution in [1.29, 1.82) is 0 Å². The lowest BCUT2D eigenvalue weighted by molar-refractivity contribution is -0.191. The van der Waals surface area contributed by atoms with Crippen LogP contribution < -0.4 is 0 Å². The molecule has 0 aliphatic heterocycles. The van der Waals surface area contributed by atoms with Crippen LogP contribution in [0.4, 0.5) is 18.0 Å². The van der Waals surface area contributed by atoms with Crippen LogP contribution in [0.1, 0.15) is 34.1 Å². The first-order chi connectivity index (χ1) is 9.05. The van der Waals surface area contributed by atoms with Crippen molar-refractivity contribution in [3.05, 3.63) is 0 Å². The van der Waals surface area contributed by atoms with Gasteiger partial charge in [-0.25, -0.2) is 4.79 Å². The first-order valence-electron chi connectivity index (χ1n) is 6.33. The van der Waals surface area contributed by atoms with Crippen molar-refractivity contribution < 1.29 is 32.3 Å². The third kappa shape index (κ3) is 10.9. The zero-order valence-electron chi connectivity index (χ0n) is 12.2. The molecule has 0 saturated carbocycles. The summed E-state index contributed by atoms with van der Waals surface area (Å²) in [6.07, 6.45) is -4.41. The fraction of sp³-hybridized carbons (Fsp3) is 0.917. The first kappa shape index (κ1) is 19.0. The minimum Gasteiger partial charge on any atom is -0.442 e. The number of carbonyl (C=O) groups is 1. The van der Waals surface area contributed by atoms with Crippen molar-refractivity contribution in [3.8, 4) is 0 Å². The summed E-state index contributed by atoms with van der Waals surface area (Å²) in [4.78, 5) is 16.8. The average Bonchev–Trinajstić information content (AvgIpc) is 2.23. The van der Waals surface area contributed by atoms with Crippen LogP contribution in [0.15, 0.2) is 0 Å². The zero-order chi connectivity index (χ0) is 15.8. The molecule has 0 aromatic carbocycles. The second kappa shape index (κ2) is 8.31. The van der Waals surface area contributed by atoms with Crippen molar-refractivity contribution in [3.63, 3.8) is 0 Å². The number of rotatable bonds is 7. The summed E-state index contributed by atoms with van der Waals surface area (Å²) < 4.78 is 45.0. The Morgan fingerprint density at radius 1 is 1.15 bits per heavy atom. The maximum absolute atomic E-state index is 11.8. The van der Waals surface area contributed by atoms with E-state index in [4.69, 9.17) is 9.57 Å². The van der Waals surface area contributed by atoms with Gasteiger partial charge in [0.15, 0.2) is 0 Å². The number of alkyl halides is 3. The number of hydrogen-bond acceptors (Lipinski definition) is 4. The molecule has 0 aromatic rings. The van der Waals surface area contributed by atoms with E-state index in [1.807, 2.05) is 6.92 Å². The fourth-order valence-electron chi connectivity index (χ4n) is 1.12. The molecular formula is C12H22F3NO4. The van der Waals surface area contributed by atoms with Gasteiger partial charge in [0, 0.05) is 0 Å². The fourth-order valence-corrected chi connectivity index (χ4v) is 1.12. The molecule has 0 atom stereocenters. The van der Waals surface area contributed by atoms with E-state index < -0.39 is 24.5 Å². The Kier molecular flexibility index (Phi) is 7.88. The van der Waals surface area contributed by atoms with Crippen molar-refractivity contribution in [1.82, 2.24) is 5.06 Å². The Morgan fingerprint density at radius 2 is 1.75 bits per heavy atom. The molecule has 8 heteroatoms. The molecule has 20 heavy (non-hydrogen) atoms. The van der Waals surface area contributed by atoms with E-state index >= 15 is 0 Å². The minimum absolute atomic E-state index is 0.157. The van der Waals surface area contributed by atoms with Gasteiger partial charge >= 0.3 is 12.3 Å². The minimum atomic E-state index is -4.37. The summed E-state index contributed by atoms with van der Waals surface area (Å²) in [7, 11) is 0. The van der Waals surface area contributed by atoms with Crippen LogP contribution in [0.5, 0.6) is 0 Å². The van der Waals surface area contributed by atoms with E-state index in [2.05, 4.69) is 4.74 Å². The standard InChI is InChI=1S/C12H22F3NO4/c1-5-6-16(10(17)20-11(2,3)4)19-8-7-18-9-12(13,14)15/h5-9H2,1-4H3. The van der Waals surface area contributed by atoms with Crippen LogP contribution in [0.2, 0.25) is 0 Å². The molecule has 0 bridgehead atoms. The zero-order valence-corrected chi connectivity index (χ0v) is 12.2. The van der Waals surface area contributed by atoms with Crippen LogP contribution in [-0.4, -0.2) is 49.3 Å². The molecule has 5 nitrogen and oxygen atoms in total. The highest BCUT2D eigenvalue weighted by atomic mass is 19.4. The van der Waals surface area contributed by atoms with Crippen molar-refractivity contribution in [2.45, 2.75) is 45.9 Å². The predicted octanol–water partition coefficient (Wildman–Crippen LogP) is 3.14. The maximum Gasteiger partial charge on any atom is 0.434 e. The largest absolute Gasteiger partial charge is 0.442 e. The SMILES string of the molecule is CCCN(OCCOCC(F)(F)F)C(=O)OC(C)(C)C. The molecule has 0 aromatic heterocycles. The summed E-state index contributed by atoms with van der Waals surface area (Å²) >= 11 is 0. The van der Waals surface area contributed by atoms with Crippen LogP contribution in [0.25, 0.3) is 0 Å². The van der Waals surface area contributed by atoms with Gasteiger partial charge in [0.2, 0.25) is 0 Å². The van der Waals surface area contributed by atoms with E-state index in [0.29, 0.717) is 6.42 Å². The Bertz CT molecular complexity index is 289. The summed E-state index contributed by atoms with van der Waals surface area (Å²) in [5.41, 5.74) is -0.667. The van der Waals surface area contributed by atoms with Gasteiger partial charge < -0.3 is 9.47 Å². The smallest absolute Gasteiger partial charge is 0.434 e. The van der Waals surface area contributed by atoms with Gasteiger partial charge in [-0.15, -0.1) is 0 Å². The van der Waals surface area contributed by atoms with Crippen molar-refractivity contribution >= 4 is 6.09 Å². The second-order valence-electron chi connectivity index (χ2n) is 5.08. The molecular weight excluding hydrogens is 279 g/mol. The van der Waals surface area contributed by atoms with Crippen molar-refractivity contribution in [2.75, 3.05) is 26.4 Å². The van der Waals surface area contributed by atoms with Gasteiger partial charge in [-0.3, -0.25) is 4.84 Å². The Hall–Kier alpha value is -1.02. The second-order valence-corrected chi connectivity index (χ2v) is 5.08. The number of nitrogens with zero attached hydrogens (tertiary/aromatic N) is 1. The number of hydrogen-bond donors (Lipinski definition) is 0. The molecule has 0 radical (unpaired) electrons. The molecule has 0 aliphatic carbocycles. The molecule has 0 aliphatic rings. The summed E-state index contributed by atoms with van der Waals surface area (Å²) in [6, 6.07) is 0. The highest BCUT2D eigenvalue weighted by Crippen LogP contribution is 2.14. The monoisotopic (exact) mass is 301 g/mol. The summed E-state index contributed by atoms with van der Waals surface area (Å²) in [5.74, 6) is 0. The number of carbonyl (C=O) groups excluding carboxylic acids is 1. The third-order valence-corrected chi connectivity index (χ3v) is 1.76. The van der Waals surface area contributed by atoms with E-state index in [-0.39, 0.29) is 19.8 Å². The van der Waals surface area contributed by atoms with Crippen molar-refractivity contribution in [2.24, 2.45) is 0 Å².